The van der Waals surface area contributed by atoms with Crippen molar-refractivity contribution in [3.63, 3.8) is 0 Å². The van der Waals surface area contributed by atoms with Crippen LogP contribution in [0, 0.1) is 5.92 Å². The number of anilines is 1. The van der Waals surface area contributed by atoms with Gasteiger partial charge in [-0.2, -0.15) is 4.98 Å². The number of aromatic amines is 1. The number of aromatic nitrogens is 3. The van der Waals surface area contributed by atoms with Crippen LogP contribution < -0.4 is 21.5 Å². The molecule has 5 N–H and O–H groups in total. The van der Waals surface area contributed by atoms with E-state index in [4.69, 9.17) is 10.5 Å². The van der Waals surface area contributed by atoms with E-state index in [2.05, 4.69) is 22.2 Å². The molecule has 1 aliphatic heterocycles. The second-order valence-electron chi connectivity index (χ2n) is 7.02. The van der Waals surface area contributed by atoms with Crippen LogP contribution in [-0.4, -0.2) is 44.4 Å². The van der Waals surface area contributed by atoms with Crippen molar-refractivity contribution in [1.29, 1.82) is 0 Å². The lowest BCUT2D eigenvalue weighted by molar-refractivity contribution is -0.0671. The SMILES string of the molecule is CCCNC(C)[C@@H]1C[C@@H](C(O)CC)O[C@H]1n1c(=O)sc2c(=O)[nH]c(N)nc21. The van der Waals surface area contributed by atoms with Crippen LogP contribution in [0.2, 0.25) is 0 Å². The molecule has 2 aromatic rings. The van der Waals surface area contributed by atoms with Gasteiger partial charge < -0.3 is 20.9 Å². The Balaban J connectivity index is 2.06. The highest BCUT2D eigenvalue weighted by molar-refractivity contribution is 7.16. The number of hydrogen-bond donors (Lipinski definition) is 4. The summed E-state index contributed by atoms with van der Waals surface area (Å²) in [4.78, 5) is 31.1. The number of thiazole rings is 1. The molecule has 150 valence electrons. The summed E-state index contributed by atoms with van der Waals surface area (Å²) in [5.74, 6) is -0.101. The van der Waals surface area contributed by atoms with Crippen molar-refractivity contribution in [3.05, 3.63) is 20.0 Å². The number of H-pyrrole nitrogens is 1. The van der Waals surface area contributed by atoms with Gasteiger partial charge in [0.15, 0.2) is 5.65 Å². The van der Waals surface area contributed by atoms with Crippen molar-refractivity contribution in [2.45, 2.75) is 64.5 Å². The van der Waals surface area contributed by atoms with Crippen LogP contribution in [0.5, 0.6) is 0 Å². The Morgan fingerprint density at radius 2 is 2.22 bits per heavy atom. The fourth-order valence-electron chi connectivity index (χ4n) is 3.63. The summed E-state index contributed by atoms with van der Waals surface area (Å²) >= 11 is 0.831. The molecule has 1 aliphatic rings. The van der Waals surface area contributed by atoms with Crippen LogP contribution in [0.1, 0.15) is 46.3 Å². The summed E-state index contributed by atoms with van der Waals surface area (Å²) in [7, 11) is 0. The summed E-state index contributed by atoms with van der Waals surface area (Å²) in [6.07, 6.45) is 0.546. The minimum atomic E-state index is -0.620. The molecule has 9 nitrogen and oxygen atoms in total. The molecule has 3 heterocycles. The van der Waals surface area contributed by atoms with Gasteiger partial charge in [0, 0.05) is 12.0 Å². The predicted molar refractivity (Wildman–Crippen MR) is 105 cm³/mol. The number of nitrogens with two attached hydrogens (primary N) is 1. The molecule has 1 saturated heterocycles. The number of aliphatic hydroxyl groups is 1. The monoisotopic (exact) mass is 397 g/mol. The zero-order valence-corrected chi connectivity index (χ0v) is 16.6. The van der Waals surface area contributed by atoms with Crippen molar-refractivity contribution in [2.24, 2.45) is 5.92 Å². The molecule has 0 amide bonds. The molecular weight excluding hydrogens is 370 g/mol. The van der Waals surface area contributed by atoms with Gasteiger partial charge in [-0.3, -0.25) is 19.1 Å². The summed E-state index contributed by atoms with van der Waals surface area (Å²) in [6, 6.07) is 0.0604. The molecule has 2 unspecified atom stereocenters. The third kappa shape index (κ3) is 3.79. The van der Waals surface area contributed by atoms with E-state index in [0.29, 0.717) is 12.8 Å². The van der Waals surface area contributed by atoms with E-state index >= 15 is 0 Å². The molecule has 0 saturated carbocycles. The number of nitrogen functional groups attached to an aromatic ring is 1. The first-order valence-electron chi connectivity index (χ1n) is 9.35. The highest BCUT2D eigenvalue weighted by Crippen LogP contribution is 2.39. The first-order valence-corrected chi connectivity index (χ1v) is 10.2. The van der Waals surface area contributed by atoms with E-state index in [1.54, 1.807) is 0 Å². The maximum Gasteiger partial charge on any atom is 0.311 e. The van der Waals surface area contributed by atoms with E-state index in [1.807, 2.05) is 13.8 Å². The minimum absolute atomic E-state index is 0.0455. The topological polar surface area (TPSA) is 135 Å². The van der Waals surface area contributed by atoms with Crippen LogP contribution in [-0.2, 0) is 4.74 Å². The highest BCUT2D eigenvalue weighted by atomic mass is 32.1. The third-order valence-corrected chi connectivity index (χ3v) is 6.08. The number of aliphatic hydroxyl groups excluding tert-OH is 1. The molecule has 1 fully saturated rings. The number of nitrogens with one attached hydrogen (secondary N) is 2. The van der Waals surface area contributed by atoms with Crippen molar-refractivity contribution in [3.8, 4) is 0 Å². The molecule has 0 spiro atoms. The minimum Gasteiger partial charge on any atom is -0.390 e. The van der Waals surface area contributed by atoms with Gasteiger partial charge in [-0.1, -0.05) is 25.2 Å². The number of hydrogen-bond acceptors (Lipinski definition) is 8. The van der Waals surface area contributed by atoms with Gasteiger partial charge in [0.1, 0.15) is 10.9 Å². The molecule has 3 rings (SSSR count). The van der Waals surface area contributed by atoms with Crippen molar-refractivity contribution < 1.29 is 9.84 Å². The summed E-state index contributed by atoms with van der Waals surface area (Å²) in [6.45, 7) is 6.87. The number of ether oxygens (including phenoxy) is 1. The van der Waals surface area contributed by atoms with Crippen LogP contribution >= 0.6 is 11.3 Å². The Kier molecular flexibility index (Phi) is 5.99. The van der Waals surface area contributed by atoms with E-state index in [0.717, 1.165) is 24.3 Å². The number of fused-ring (bicyclic) bond motifs is 1. The summed E-state index contributed by atoms with van der Waals surface area (Å²) in [5, 5.41) is 13.7. The third-order valence-electron chi connectivity index (χ3n) is 5.14. The van der Waals surface area contributed by atoms with E-state index in [1.165, 1.54) is 4.57 Å². The van der Waals surface area contributed by atoms with Crippen LogP contribution in [0.15, 0.2) is 9.59 Å². The molecular formula is C17H27N5O4S. The largest absolute Gasteiger partial charge is 0.390 e. The second kappa shape index (κ2) is 8.09. The van der Waals surface area contributed by atoms with Crippen molar-refractivity contribution in [1.82, 2.24) is 19.9 Å². The van der Waals surface area contributed by atoms with Crippen LogP contribution in [0.25, 0.3) is 10.3 Å². The Labute approximate surface area is 160 Å². The molecule has 0 radical (unpaired) electrons. The van der Waals surface area contributed by atoms with Crippen molar-refractivity contribution in [2.75, 3.05) is 12.3 Å². The number of rotatable bonds is 7. The smallest absolute Gasteiger partial charge is 0.311 e. The first kappa shape index (κ1) is 20.0. The van der Waals surface area contributed by atoms with Gasteiger partial charge in [-0.05, 0) is 32.7 Å². The van der Waals surface area contributed by atoms with Gasteiger partial charge in [-0.15, -0.1) is 0 Å². The fraction of sp³-hybridized carbons (Fsp3) is 0.706. The van der Waals surface area contributed by atoms with E-state index < -0.39 is 17.9 Å². The fourth-order valence-corrected chi connectivity index (χ4v) is 4.47. The molecule has 0 aromatic carbocycles. The zero-order valence-electron chi connectivity index (χ0n) is 15.8. The summed E-state index contributed by atoms with van der Waals surface area (Å²) in [5.41, 5.74) is 5.49. The van der Waals surface area contributed by atoms with Gasteiger partial charge in [0.25, 0.3) is 5.56 Å². The maximum absolute atomic E-state index is 12.7. The summed E-state index contributed by atoms with van der Waals surface area (Å²) < 4.78 is 7.77. The Bertz CT molecular complexity index is 907. The molecule has 5 atom stereocenters. The van der Waals surface area contributed by atoms with Gasteiger partial charge in [0.05, 0.1) is 12.2 Å². The maximum atomic E-state index is 12.7. The Morgan fingerprint density at radius 1 is 1.48 bits per heavy atom. The molecule has 0 aliphatic carbocycles. The highest BCUT2D eigenvalue weighted by Gasteiger charge is 2.43. The molecule has 0 bridgehead atoms. The average Bonchev–Trinajstić information content (AvgIpc) is 3.20. The van der Waals surface area contributed by atoms with E-state index in [9.17, 15) is 14.7 Å². The number of nitrogens with zero attached hydrogens (tertiary/aromatic N) is 2. The predicted octanol–water partition coefficient (Wildman–Crippen LogP) is 0.791. The standard InChI is InChI=1S/C17H27N5O4S/c1-4-6-19-8(3)9-7-11(10(23)5-2)26-15(9)22-13-12(27-17(22)25)14(24)21-16(18)20-13/h8-11,15,19,23H,4-7H2,1-3H3,(H3,18,20,21,24)/t8?,9-,10?,11-,15+/m0/s1. The normalized spacial score (nSPS) is 25.1. The van der Waals surface area contributed by atoms with Crippen LogP contribution in [0.3, 0.4) is 0 Å². The zero-order chi connectivity index (χ0) is 19.7. The van der Waals surface area contributed by atoms with Crippen LogP contribution in [0.4, 0.5) is 5.95 Å². The lowest BCUT2D eigenvalue weighted by Gasteiger charge is -2.26. The van der Waals surface area contributed by atoms with Crippen molar-refractivity contribution >= 4 is 27.6 Å². The molecule has 27 heavy (non-hydrogen) atoms. The van der Waals surface area contributed by atoms with Gasteiger partial charge in [0.2, 0.25) is 5.95 Å². The van der Waals surface area contributed by atoms with E-state index in [-0.39, 0.29) is 39.2 Å². The lowest BCUT2D eigenvalue weighted by atomic mass is 9.93. The Morgan fingerprint density at radius 3 is 2.89 bits per heavy atom. The average molecular weight is 398 g/mol. The lowest BCUT2D eigenvalue weighted by Crippen LogP contribution is -2.38. The molecule has 10 heteroatoms. The molecule has 2 aromatic heterocycles. The first-order chi connectivity index (χ1) is 12.9. The second-order valence-corrected chi connectivity index (χ2v) is 7.99. The quantitative estimate of drug-likeness (QED) is 0.542. The Hall–Kier alpha value is -1.75. The van der Waals surface area contributed by atoms with Gasteiger partial charge in [-0.25, -0.2) is 0 Å². The van der Waals surface area contributed by atoms with Gasteiger partial charge >= 0.3 is 4.87 Å².